The Bertz CT molecular complexity index is 1410. The molecule has 0 saturated carbocycles. The van der Waals surface area contributed by atoms with Crippen LogP contribution in [0.15, 0.2) is 35.3 Å². The van der Waals surface area contributed by atoms with Crippen LogP contribution in [0.25, 0.3) is 11.1 Å². The minimum Gasteiger partial charge on any atom is -0.448 e. The Balaban J connectivity index is 1.71. The molecule has 2 unspecified atom stereocenters. The van der Waals surface area contributed by atoms with Crippen molar-refractivity contribution >= 4 is 12.2 Å². The highest BCUT2D eigenvalue weighted by molar-refractivity contribution is 6.03. The largest absolute Gasteiger partial charge is 0.448 e. The molecule has 0 radical (unpaired) electrons. The van der Waals surface area contributed by atoms with Gasteiger partial charge >= 0.3 is 0 Å². The van der Waals surface area contributed by atoms with E-state index in [1.54, 1.807) is 9.58 Å². The van der Waals surface area contributed by atoms with Crippen molar-refractivity contribution in [2.45, 2.75) is 78.6 Å². The number of hydrogen-bond acceptors (Lipinski definition) is 7. The molecule has 2 aliphatic heterocycles. The van der Waals surface area contributed by atoms with E-state index in [2.05, 4.69) is 36.3 Å². The fraction of sp³-hybridized carbons (Fsp3) is 0.545. The first-order valence-corrected chi connectivity index (χ1v) is 15.0. The number of carbonyl (C=O) groups excluding carboxylic acids is 2. The standard InChI is InChI=1S/C33H47N5O4/c1-10-26(36(7)8)12-11-14-33(5)41-30-23(4)28-27(29(31(30)42-33)24-17-35-37(9)18-24)13-15-38(32(28)40)19-25(20-39)21(2)16-22(3)34-6/h16-18,20,26,34H,10-15,19H2,1-9H3/b22-16-,25-21-. The van der Waals surface area contributed by atoms with E-state index in [-0.39, 0.29) is 12.5 Å². The van der Waals surface area contributed by atoms with Crippen molar-refractivity contribution in [3.05, 3.63) is 52.0 Å². The Morgan fingerprint density at radius 1 is 1.24 bits per heavy atom. The van der Waals surface area contributed by atoms with Crippen LogP contribution in [0.5, 0.6) is 11.5 Å². The van der Waals surface area contributed by atoms with E-state index in [1.807, 2.05) is 60.3 Å². The number of aromatic nitrogens is 2. The number of allylic oxidation sites excluding steroid dienone is 3. The predicted molar refractivity (Wildman–Crippen MR) is 166 cm³/mol. The maximum absolute atomic E-state index is 14.1. The van der Waals surface area contributed by atoms with Crippen molar-refractivity contribution in [3.63, 3.8) is 0 Å². The summed E-state index contributed by atoms with van der Waals surface area (Å²) in [4.78, 5) is 30.2. The van der Waals surface area contributed by atoms with E-state index in [0.717, 1.165) is 65.5 Å². The first-order chi connectivity index (χ1) is 19.9. The maximum atomic E-state index is 14.1. The van der Waals surface area contributed by atoms with Gasteiger partial charge in [0, 0.05) is 80.7 Å². The first kappa shape index (κ1) is 31.3. The van der Waals surface area contributed by atoms with Gasteiger partial charge in [-0.25, -0.2) is 0 Å². The minimum atomic E-state index is -0.830. The molecule has 0 spiro atoms. The van der Waals surface area contributed by atoms with Crippen LogP contribution < -0.4 is 14.8 Å². The smallest absolute Gasteiger partial charge is 0.254 e. The van der Waals surface area contributed by atoms with Gasteiger partial charge in [-0.2, -0.15) is 5.10 Å². The van der Waals surface area contributed by atoms with E-state index in [4.69, 9.17) is 9.47 Å². The molecule has 2 aromatic rings. The first-order valence-electron chi connectivity index (χ1n) is 15.0. The molecule has 9 heteroatoms. The molecule has 2 aliphatic rings. The molecule has 0 bridgehead atoms. The zero-order valence-electron chi connectivity index (χ0n) is 26.8. The van der Waals surface area contributed by atoms with Gasteiger partial charge in [-0.15, -0.1) is 0 Å². The molecule has 1 aromatic carbocycles. The molecular formula is C33H47N5O4. The van der Waals surface area contributed by atoms with E-state index in [9.17, 15) is 9.59 Å². The summed E-state index contributed by atoms with van der Waals surface area (Å²) in [6, 6.07) is 0.507. The van der Waals surface area contributed by atoms with Crippen LogP contribution in [0, 0.1) is 6.92 Å². The number of rotatable bonds is 12. The van der Waals surface area contributed by atoms with Gasteiger partial charge < -0.3 is 24.6 Å². The summed E-state index contributed by atoms with van der Waals surface area (Å²) in [5.41, 5.74) is 6.51. The Kier molecular flexibility index (Phi) is 9.50. The predicted octanol–water partition coefficient (Wildman–Crippen LogP) is 5.03. The number of fused-ring (bicyclic) bond motifs is 2. The Morgan fingerprint density at radius 2 is 1.95 bits per heavy atom. The van der Waals surface area contributed by atoms with Gasteiger partial charge in [-0.3, -0.25) is 14.3 Å². The Hall–Kier alpha value is -3.59. The fourth-order valence-electron chi connectivity index (χ4n) is 6.15. The Morgan fingerprint density at radius 3 is 2.55 bits per heavy atom. The molecule has 2 atom stereocenters. The lowest BCUT2D eigenvalue weighted by Crippen LogP contribution is -2.40. The quantitative estimate of drug-likeness (QED) is 0.215. The number of benzene rings is 1. The van der Waals surface area contributed by atoms with Crippen molar-refractivity contribution < 1.29 is 19.1 Å². The molecule has 42 heavy (non-hydrogen) atoms. The summed E-state index contributed by atoms with van der Waals surface area (Å²) in [5, 5.41) is 7.50. The average molecular weight is 578 g/mol. The number of ether oxygens (including phenoxy) is 2. The van der Waals surface area contributed by atoms with Crippen LogP contribution >= 0.6 is 0 Å². The second kappa shape index (κ2) is 12.7. The maximum Gasteiger partial charge on any atom is 0.254 e. The number of amides is 1. The lowest BCUT2D eigenvalue weighted by Gasteiger charge is -2.31. The second-order valence-corrected chi connectivity index (χ2v) is 12.1. The van der Waals surface area contributed by atoms with Crippen LogP contribution in [-0.2, 0) is 18.3 Å². The number of aryl methyl sites for hydroxylation is 1. The third-order valence-electron chi connectivity index (χ3n) is 8.72. The SMILES string of the molecule is CCC(CCCC1(C)Oc2c(C)c3c(c(-c4cnn(C)c4)c2O1)CCN(C/C(C=O)=C(C)/C=C(/C)NC)C3=O)N(C)C. The molecule has 9 nitrogen and oxygen atoms in total. The topological polar surface area (TPSA) is 88.9 Å². The summed E-state index contributed by atoms with van der Waals surface area (Å²) in [5.74, 6) is 0.389. The van der Waals surface area contributed by atoms with Gasteiger partial charge in [0.2, 0.25) is 5.79 Å². The van der Waals surface area contributed by atoms with Crippen LogP contribution in [0.3, 0.4) is 0 Å². The number of nitrogens with zero attached hydrogens (tertiary/aromatic N) is 4. The molecular weight excluding hydrogens is 530 g/mol. The zero-order valence-corrected chi connectivity index (χ0v) is 26.8. The average Bonchev–Trinajstić information content (AvgIpc) is 3.53. The second-order valence-electron chi connectivity index (χ2n) is 12.1. The Labute approximate surface area is 250 Å². The van der Waals surface area contributed by atoms with E-state index < -0.39 is 5.79 Å². The lowest BCUT2D eigenvalue weighted by atomic mass is 9.86. The molecule has 1 aromatic heterocycles. The molecule has 0 fully saturated rings. The van der Waals surface area contributed by atoms with Crippen LogP contribution in [0.4, 0.5) is 0 Å². The monoisotopic (exact) mass is 577 g/mol. The summed E-state index contributed by atoms with van der Waals surface area (Å²) >= 11 is 0. The van der Waals surface area contributed by atoms with Gasteiger partial charge in [0.05, 0.1) is 11.8 Å². The minimum absolute atomic E-state index is 0.0999. The normalized spacial score (nSPS) is 19.6. The molecule has 3 heterocycles. The summed E-state index contributed by atoms with van der Waals surface area (Å²) in [6.07, 6.45) is 11.0. The summed E-state index contributed by atoms with van der Waals surface area (Å²) < 4.78 is 15.0. The van der Waals surface area contributed by atoms with Crippen molar-refractivity contribution in [2.24, 2.45) is 7.05 Å². The van der Waals surface area contributed by atoms with Crippen molar-refractivity contribution in [3.8, 4) is 22.6 Å². The number of hydrogen-bond donors (Lipinski definition) is 1. The van der Waals surface area contributed by atoms with Gasteiger partial charge in [0.1, 0.15) is 6.29 Å². The van der Waals surface area contributed by atoms with Crippen LogP contribution in [0.1, 0.15) is 74.9 Å². The highest BCUT2D eigenvalue weighted by Gasteiger charge is 2.43. The van der Waals surface area contributed by atoms with Crippen molar-refractivity contribution in [1.82, 2.24) is 24.9 Å². The molecule has 0 aliphatic carbocycles. The number of aldehydes is 1. The van der Waals surface area contributed by atoms with Gasteiger partial charge in [-0.05, 0) is 77.8 Å². The molecule has 0 saturated heterocycles. The van der Waals surface area contributed by atoms with E-state index in [1.165, 1.54) is 0 Å². The molecule has 1 N–H and O–H groups in total. The van der Waals surface area contributed by atoms with Gasteiger partial charge in [0.25, 0.3) is 5.91 Å². The summed E-state index contributed by atoms with van der Waals surface area (Å²) in [6.45, 7) is 10.7. The lowest BCUT2D eigenvalue weighted by molar-refractivity contribution is -0.105. The third-order valence-corrected chi connectivity index (χ3v) is 8.72. The molecule has 4 rings (SSSR count). The zero-order chi connectivity index (χ0) is 30.8. The highest BCUT2D eigenvalue weighted by atomic mass is 16.7. The van der Waals surface area contributed by atoms with Gasteiger partial charge in [-0.1, -0.05) is 6.92 Å². The molecule has 228 valence electrons. The summed E-state index contributed by atoms with van der Waals surface area (Å²) in [7, 11) is 7.97. The third kappa shape index (κ3) is 6.26. The highest BCUT2D eigenvalue weighted by Crippen LogP contribution is 2.53. The fourth-order valence-corrected chi connectivity index (χ4v) is 6.15. The molecule has 1 amide bonds. The van der Waals surface area contributed by atoms with Gasteiger partial charge in [0.15, 0.2) is 11.5 Å². The van der Waals surface area contributed by atoms with E-state index in [0.29, 0.717) is 41.6 Å². The van der Waals surface area contributed by atoms with E-state index >= 15 is 0 Å². The van der Waals surface area contributed by atoms with Crippen LogP contribution in [0.2, 0.25) is 0 Å². The van der Waals surface area contributed by atoms with Crippen molar-refractivity contribution in [2.75, 3.05) is 34.2 Å². The van der Waals surface area contributed by atoms with Crippen LogP contribution in [-0.4, -0.2) is 77.8 Å². The number of nitrogens with one attached hydrogen (secondary N) is 1. The number of carbonyl (C=O) groups is 2. The van der Waals surface area contributed by atoms with Crippen molar-refractivity contribution in [1.29, 1.82) is 0 Å².